The number of esters is 2. The van der Waals surface area contributed by atoms with Gasteiger partial charge in [-0.1, -0.05) is 12.1 Å². The Bertz CT molecular complexity index is 722. The van der Waals surface area contributed by atoms with Gasteiger partial charge in [-0.15, -0.1) is 0 Å². The largest absolute Gasteiger partial charge is 0.465 e. The molecule has 0 bridgehead atoms. The summed E-state index contributed by atoms with van der Waals surface area (Å²) >= 11 is 0. The zero-order chi connectivity index (χ0) is 16.9. The molecule has 6 nitrogen and oxygen atoms in total. The second kappa shape index (κ2) is 7.12. The maximum absolute atomic E-state index is 12.0. The number of anilines is 1. The van der Waals surface area contributed by atoms with E-state index in [1.165, 1.54) is 26.1 Å². The van der Waals surface area contributed by atoms with Crippen molar-refractivity contribution in [2.75, 3.05) is 12.4 Å². The number of benzene rings is 1. The molecule has 0 saturated heterocycles. The molecule has 0 radical (unpaired) electrons. The fourth-order valence-electron chi connectivity index (χ4n) is 2.12. The molecule has 0 spiro atoms. The Morgan fingerprint density at radius 2 is 1.79 bits per heavy atom. The fourth-order valence-corrected chi connectivity index (χ4v) is 2.12. The first kappa shape index (κ1) is 16.0. The number of aromatic nitrogens is 1. The summed E-state index contributed by atoms with van der Waals surface area (Å²) in [6.45, 7) is 0.127. The molecule has 0 amide bonds. The number of nitrogens with one attached hydrogen (secondary N) is 1. The van der Waals surface area contributed by atoms with Crippen LogP contribution in [0.25, 0.3) is 0 Å². The molecule has 1 saturated carbocycles. The third-order valence-corrected chi connectivity index (χ3v) is 3.67. The van der Waals surface area contributed by atoms with E-state index < -0.39 is 11.9 Å². The van der Waals surface area contributed by atoms with Gasteiger partial charge in [0.1, 0.15) is 12.4 Å². The van der Waals surface area contributed by atoms with Crippen molar-refractivity contribution in [1.82, 2.24) is 4.98 Å². The van der Waals surface area contributed by atoms with E-state index >= 15 is 0 Å². The Balaban J connectivity index is 1.53. The van der Waals surface area contributed by atoms with Crippen LogP contribution in [0.4, 0.5) is 5.82 Å². The summed E-state index contributed by atoms with van der Waals surface area (Å²) in [7, 11) is 1.33. The molecule has 1 N–H and O–H groups in total. The molecular weight excluding hydrogens is 308 g/mol. The number of rotatable bonds is 6. The van der Waals surface area contributed by atoms with Crippen LogP contribution in [-0.2, 0) is 16.1 Å². The van der Waals surface area contributed by atoms with Crippen LogP contribution in [0.3, 0.4) is 0 Å². The highest BCUT2D eigenvalue weighted by Gasteiger charge is 2.21. The highest BCUT2D eigenvalue weighted by molar-refractivity contribution is 5.90. The van der Waals surface area contributed by atoms with Crippen molar-refractivity contribution in [3.05, 3.63) is 59.3 Å². The molecule has 0 unspecified atom stereocenters. The first-order chi connectivity index (χ1) is 11.7. The maximum Gasteiger partial charge on any atom is 0.340 e. The number of methoxy groups -OCH3 is 1. The van der Waals surface area contributed by atoms with E-state index in [2.05, 4.69) is 15.0 Å². The average Bonchev–Trinajstić information content (AvgIpc) is 3.44. The highest BCUT2D eigenvalue weighted by Crippen LogP contribution is 2.23. The summed E-state index contributed by atoms with van der Waals surface area (Å²) < 4.78 is 9.89. The number of nitrogens with zero attached hydrogens (tertiary/aromatic N) is 1. The van der Waals surface area contributed by atoms with Crippen LogP contribution in [0.1, 0.15) is 39.1 Å². The monoisotopic (exact) mass is 326 g/mol. The summed E-state index contributed by atoms with van der Waals surface area (Å²) in [5.74, 6) is -0.0607. The van der Waals surface area contributed by atoms with Crippen molar-refractivity contribution in [1.29, 1.82) is 0 Å². The second-order valence-electron chi connectivity index (χ2n) is 5.62. The molecule has 2 aromatic rings. The summed E-state index contributed by atoms with van der Waals surface area (Å²) in [5.41, 5.74) is 1.65. The smallest absolute Gasteiger partial charge is 0.340 e. The lowest BCUT2D eigenvalue weighted by molar-refractivity contribution is 0.0471. The van der Waals surface area contributed by atoms with Crippen molar-refractivity contribution in [2.24, 2.45) is 0 Å². The third kappa shape index (κ3) is 4.10. The molecular formula is C18H18N2O4. The Morgan fingerprint density at radius 1 is 1.08 bits per heavy atom. The van der Waals surface area contributed by atoms with Gasteiger partial charge in [0.2, 0.25) is 0 Å². The van der Waals surface area contributed by atoms with Crippen molar-refractivity contribution in [3.63, 3.8) is 0 Å². The van der Waals surface area contributed by atoms with Crippen LogP contribution in [0.15, 0.2) is 42.6 Å². The Kier molecular flexibility index (Phi) is 4.74. The van der Waals surface area contributed by atoms with E-state index in [-0.39, 0.29) is 6.61 Å². The molecule has 24 heavy (non-hydrogen) atoms. The van der Waals surface area contributed by atoms with Gasteiger partial charge in [0.25, 0.3) is 0 Å². The van der Waals surface area contributed by atoms with E-state index in [0.29, 0.717) is 17.2 Å². The molecule has 0 atom stereocenters. The molecule has 124 valence electrons. The van der Waals surface area contributed by atoms with E-state index in [9.17, 15) is 9.59 Å². The molecule has 1 fully saturated rings. The lowest BCUT2D eigenvalue weighted by Crippen LogP contribution is -2.08. The normalized spacial score (nSPS) is 13.2. The third-order valence-electron chi connectivity index (χ3n) is 3.67. The summed E-state index contributed by atoms with van der Waals surface area (Å²) in [6.07, 6.45) is 3.84. The van der Waals surface area contributed by atoms with Gasteiger partial charge >= 0.3 is 11.9 Å². The van der Waals surface area contributed by atoms with Crippen LogP contribution in [0.5, 0.6) is 0 Å². The maximum atomic E-state index is 12.0. The average molecular weight is 326 g/mol. The summed E-state index contributed by atoms with van der Waals surface area (Å²) in [4.78, 5) is 27.6. The van der Waals surface area contributed by atoms with Crippen LogP contribution in [0.2, 0.25) is 0 Å². The molecule has 1 aliphatic carbocycles. The van der Waals surface area contributed by atoms with Crippen molar-refractivity contribution >= 4 is 17.8 Å². The van der Waals surface area contributed by atoms with E-state index in [0.717, 1.165) is 11.4 Å². The Hall–Kier alpha value is -2.89. The van der Waals surface area contributed by atoms with E-state index in [4.69, 9.17) is 4.74 Å². The minimum Gasteiger partial charge on any atom is -0.465 e. The first-order valence-electron chi connectivity index (χ1n) is 7.72. The van der Waals surface area contributed by atoms with Gasteiger partial charge in [-0.05, 0) is 42.7 Å². The van der Waals surface area contributed by atoms with E-state index in [1.807, 2.05) is 0 Å². The summed E-state index contributed by atoms with van der Waals surface area (Å²) in [6, 6.07) is 10.7. The Morgan fingerprint density at radius 3 is 2.38 bits per heavy atom. The molecule has 1 aliphatic rings. The standard InChI is InChI=1S/C18H18N2O4/c1-23-17(21)13-4-2-12(3-5-13)11-24-18(22)14-6-9-16(19-10-14)20-15-7-8-15/h2-6,9-10,15H,7-8,11H2,1H3,(H,19,20). The van der Waals surface area contributed by atoms with Gasteiger partial charge in [0, 0.05) is 12.2 Å². The van der Waals surface area contributed by atoms with Gasteiger partial charge in [0.05, 0.1) is 18.2 Å². The van der Waals surface area contributed by atoms with Gasteiger partial charge in [-0.3, -0.25) is 0 Å². The fraction of sp³-hybridized carbons (Fsp3) is 0.278. The lowest BCUT2D eigenvalue weighted by Gasteiger charge is -2.07. The topological polar surface area (TPSA) is 77.5 Å². The van der Waals surface area contributed by atoms with Crippen LogP contribution >= 0.6 is 0 Å². The first-order valence-corrected chi connectivity index (χ1v) is 7.72. The van der Waals surface area contributed by atoms with Crippen LogP contribution in [0, 0.1) is 0 Å². The predicted molar refractivity (Wildman–Crippen MR) is 87.8 cm³/mol. The van der Waals surface area contributed by atoms with Gasteiger partial charge in [-0.25, -0.2) is 14.6 Å². The molecule has 6 heteroatoms. The van der Waals surface area contributed by atoms with Crippen molar-refractivity contribution in [3.8, 4) is 0 Å². The lowest BCUT2D eigenvalue weighted by atomic mass is 10.1. The number of carbonyl (C=O) groups is 2. The second-order valence-corrected chi connectivity index (χ2v) is 5.62. The number of carbonyl (C=O) groups excluding carboxylic acids is 2. The SMILES string of the molecule is COC(=O)c1ccc(COC(=O)c2ccc(NC3CC3)nc2)cc1. The quantitative estimate of drug-likeness (QED) is 0.823. The van der Waals surface area contributed by atoms with E-state index in [1.54, 1.807) is 36.4 Å². The number of ether oxygens (including phenoxy) is 2. The molecule has 1 aromatic carbocycles. The number of hydrogen-bond acceptors (Lipinski definition) is 6. The number of hydrogen-bond donors (Lipinski definition) is 1. The molecule has 1 aromatic heterocycles. The highest BCUT2D eigenvalue weighted by atomic mass is 16.5. The van der Waals surface area contributed by atoms with Crippen LogP contribution < -0.4 is 5.32 Å². The Labute approximate surface area is 139 Å². The van der Waals surface area contributed by atoms with Gasteiger partial charge in [-0.2, -0.15) is 0 Å². The van der Waals surface area contributed by atoms with Gasteiger partial charge in [0.15, 0.2) is 0 Å². The van der Waals surface area contributed by atoms with Crippen molar-refractivity contribution in [2.45, 2.75) is 25.5 Å². The van der Waals surface area contributed by atoms with Gasteiger partial charge < -0.3 is 14.8 Å². The van der Waals surface area contributed by atoms with Crippen molar-refractivity contribution < 1.29 is 19.1 Å². The summed E-state index contributed by atoms with van der Waals surface area (Å²) in [5, 5.41) is 3.26. The molecule has 3 rings (SSSR count). The predicted octanol–water partition coefficient (Wildman–Crippen LogP) is 2.80. The zero-order valence-corrected chi connectivity index (χ0v) is 13.3. The molecule has 0 aliphatic heterocycles. The number of pyridine rings is 1. The molecule has 1 heterocycles. The minimum atomic E-state index is -0.433. The van der Waals surface area contributed by atoms with Crippen LogP contribution in [-0.4, -0.2) is 30.1 Å². The zero-order valence-electron chi connectivity index (χ0n) is 13.3. The minimum absolute atomic E-state index is 0.127.